The van der Waals surface area contributed by atoms with Crippen LogP contribution in [0, 0.1) is 0 Å². The summed E-state index contributed by atoms with van der Waals surface area (Å²) >= 11 is 0. The standard InChI is InChI=1S/C19H33N5O/c1-4-15(2)24-18(7-10-20-24)21-19(25)16(3)22-13-8-17(9-14-22)23-11-5-6-12-23/h7,10,15-17H,4-6,8-9,11-14H2,1-3H3,(H,21,25)/t15-,16-/m0/s1. The lowest BCUT2D eigenvalue weighted by Gasteiger charge is -2.38. The maximum Gasteiger partial charge on any atom is 0.242 e. The lowest BCUT2D eigenvalue weighted by atomic mass is 10.0. The molecular formula is C19H33N5O. The molecule has 0 spiro atoms. The number of hydrogen-bond acceptors (Lipinski definition) is 4. The second kappa shape index (κ2) is 8.32. The van der Waals surface area contributed by atoms with Crippen molar-refractivity contribution in [3.63, 3.8) is 0 Å². The van der Waals surface area contributed by atoms with E-state index in [1.807, 2.05) is 17.7 Å². The molecule has 1 aromatic heterocycles. The second-order valence-corrected chi connectivity index (χ2v) is 7.59. The van der Waals surface area contributed by atoms with Crippen LogP contribution < -0.4 is 5.32 Å². The number of carbonyl (C=O) groups is 1. The molecule has 1 N–H and O–H groups in total. The summed E-state index contributed by atoms with van der Waals surface area (Å²) in [6, 6.07) is 2.80. The smallest absolute Gasteiger partial charge is 0.242 e. The van der Waals surface area contributed by atoms with E-state index in [2.05, 4.69) is 34.1 Å². The number of likely N-dealkylation sites (tertiary alicyclic amines) is 2. The molecular weight excluding hydrogens is 314 g/mol. The average Bonchev–Trinajstić information content (AvgIpc) is 3.32. The molecule has 2 atom stereocenters. The number of nitrogens with zero attached hydrogens (tertiary/aromatic N) is 4. The fourth-order valence-electron chi connectivity index (χ4n) is 4.08. The fourth-order valence-corrected chi connectivity index (χ4v) is 4.08. The number of nitrogens with one attached hydrogen (secondary N) is 1. The van der Waals surface area contributed by atoms with E-state index in [9.17, 15) is 4.79 Å². The molecule has 0 aromatic carbocycles. The molecule has 140 valence electrons. The van der Waals surface area contributed by atoms with Crippen molar-refractivity contribution in [1.29, 1.82) is 0 Å². The fraction of sp³-hybridized carbons (Fsp3) is 0.789. The Bertz CT molecular complexity index is 558. The van der Waals surface area contributed by atoms with Crippen molar-refractivity contribution in [2.45, 2.75) is 71.0 Å². The number of aromatic nitrogens is 2. The van der Waals surface area contributed by atoms with Gasteiger partial charge in [-0.3, -0.25) is 9.69 Å². The van der Waals surface area contributed by atoms with E-state index in [0.717, 1.165) is 31.4 Å². The molecule has 0 unspecified atom stereocenters. The monoisotopic (exact) mass is 347 g/mol. The predicted molar refractivity (Wildman–Crippen MR) is 101 cm³/mol. The Morgan fingerprint density at radius 3 is 2.56 bits per heavy atom. The van der Waals surface area contributed by atoms with Gasteiger partial charge >= 0.3 is 0 Å². The molecule has 6 heteroatoms. The van der Waals surface area contributed by atoms with E-state index in [4.69, 9.17) is 0 Å². The minimum absolute atomic E-state index is 0.0738. The van der Waals surface area contributed by atoms with Crippen LogP contribution in [0.1, 0.15) is 58.9 Å². The topological polar surface area (TPSA) is 53.4 Å². The molecule has 0 saturated carbocycles. The van der Waals surface area contributed by atoms with Gasteiger partial charge in [-0.2, -0.15) is 5.10 Å². The number of piperidine rings is 1. The highest BCUT2D eigenvalue weighted by atomic mass is 16.2. The van der Waals surface area contributed by atoms with Gasteiger partial charge < -0.3 is 10.2 Å². The van der Waals surface area contributed by atoms with E-state index >= 15 is 0 Å². The highest BCUT2D eigenvalue weighted by molar-refractivity contribution is 5.93. The summed E-state index contributed by atoms with van der Waals surface area (Å²) in [5, 5.41) is 7.43. The zero-order valence-electron chi connectivity index (χ0n) is 15.9. The molecule has 2 saturated heterocycles. The van der Waals surface area contributed by atoms with E-state index in [-0.39, 0.29) is 18.0 Å². The van der Waals surface area contributed by atoms with Crippen LogP contribution in [0.3, 0.4) is 0 Å². The number of amides is 1. The van der Waals surface area contributed by atoms with Crippen LogP contribution in [0.4, 0.5) is 5.82 Å². The van der Waals surface area contributed by atoms with E-state index in [0.29, 0.717) is 0 Å². The van der Waals surface area contributed by atoms with Gasteiger partial charge in [-0.25, -0.2) is 4.68 Å². The normalized spacial score (nSPS) is 22.8. The van der Waals surface area contributed by atoms with Crippen LogP contribution in [-0.4, -0.2) is 63.8 Å². The van der Waals surface area contributed by atoms with Gasteiger partial charge in [0.1, 0.15) is 5.82 Å². The molecule has 0 bridgehead atoms. The average molecular weight is 348 g/mol. The summed E-state index contributed by atoms with van der Waals surface area (Å²) in [7, 11) is 0. The Morgan fingerprint density at radius 2 is 1.92 bits per heavy atom. The van der Waals surface area contributed by atoms with Crippen LogP contribution >= 0.6 is 0 Å². The van der Waals surface area contributed by atoms with E-state index in [1.54, 1.807) is 6.20 Å². The largest absolute Gasteiger partial charge is 0.310 e. The summed E-state index contributed by atoms with van der Waals surface area (Å²) < 4.78 is 1.91. The Morgan fingerprint density at radius 1 is 1.24 bits per heavy atom. The van der Waals surface area contributed by atoms with Crippen LogP contribution in [0.25, 0.3) is 0 Å². The van der Waals surface area contributed by atoms with Crippen LogP contribution in [0.2, 0.25) is 0 Å². The van der Waals surface area contributed by atoms with Gasteiger partial charge in [0.05, 0.1) is 18.3 Å². The first-order valence-corrected chi connectivity index (χ1v) is 9.92. The second-order valence-electron chi connectivity index (χ2n) is 7.59. The molecule has 1 amide bonds. The highest BCUT2D eigenvalue weighted by Crippen LogP contribution is 2.23. The number of carbonyl (C=O) groups excluding carboxylic acids is 1. The third-order valence-corrected chi connectivity index (χ3v) is 6.01. The van der Waals surface area contributed by atoms with Gasteiger partial charge in [-0.05, 0) is 59.0 Å². The Kier molecular flexibility index (Phi) is 6.12. The Hall–Kier alpha value is -1.40. The Labute approximate surface area is 151 Å². The van der Waals surface area contributed by atoms with Crippen LogP contribution in [0.5, 0.6) is 0 Å². The minimum Gasteiger partial charge on any atom is -0.310 e. The third-order valence-electron chi connectivity index (χ3n) is 6.01. The molecule has 1 aromatic rings. The summed E-state index contributed by atoms with van der Waals surface area (Å²) in [6.45, 7) is 10.8. The maximum atomic E-state index is 12.7. The van der Waals surface area contributed by atoms with Gasteiger partial charge in [0.25, 0.3) is 0 Å². The molecule has 3 heterocycles. The summed E-state index contributed by atoms with van der Waals surface area (Å²) in [4.78, 5) is 17.7. The van der Waals surface area contributed by atoms with Crippen molar-refractivity contribution in [1.82, 2.24) is 19.6 Å². The lowest BCUT2D eigenvalue weighted by molar-refractivity contribution is -0.121. The van der Waals surface area contributed by atoms with Gasteiger partial charge in [0.15, 0.2) is 0 Å². The first kappa shape index (κ1) is 18.4. The van der Waals surface area contributed by atoms with Crippen molar-refractivity contribution >= 4 is 11.7 Å². The molecule has 3 rings (SSSR count). The van der Waals surface area contributed by atoms with Crippen molar-refractivity contribution in [3.05, 3.63) is 12.3 Å². The van der Waals surface area contributed by atoms with Crippen molar-refractivity contribution in [2.75, 3.05) is 31.5 Å². The maximum absolute atomic E-state index is 12.7. The van der Waals surface area contributed by atoms with Crippen LogP contribution in [0.15, 0.2) is 12.3 Å². The van der Waals surface area contributed by atoms with Gasteiger partial charge in [0, 0.05) is 25.2 Å². The predicted octanol–water partition coefficient (Wildman–Crippen LogP) is 2.74. The molecule has 2 fully saturated rings. The third kappa shape index (κ3) is 4.23. The number of anilines is 1. The zero-order valence-corrected chi connectivity index (χ0v) is 15.9. The van der Waals surface area contributed by atoms with Crippen molar-refractivity contribution < 1.29 is 4.79 Å². The van der Waals surface area contributed by atoms with Gasteiger partial charge in [-0.1, -0.05) is 6.92 Å². The van der Waals surface area contributed by atoms with Crippen LogP contribution in [-0.2, 0) is 4.79 Å². The van der Waals surface area contributed by atoms with Gasteiger partial charge in [-0.15, -0.1) is 0 Å². The first-order chi connectivity index (χ1) is 12.1. The molecule has 2 aliphatic heterocycles. The number of hydrogen-bond donors (Lipinski definition) is 1. The lowest BCUT2D eigenvalue weighted by Crippen LogP contribution is -2.50. The molecule has 2 aliphatic rings. The zero-order chi connectivity index (χ0) is 17.8. The molecule has 0 radical (unpaired) electrons. The van der Waals surface area contributed by atoms with E-state index < -0.39 is 0 Å². The Balaban J connectivity index is 1.52. The summed E-state index contributed by atoms with van der Waals surface area (Å²) in [5.74, 6) is 0.878. The quantitative estimate of drug-likeness (QED) is 0.860. The van der Waals surface area contributed by atoms with Gasteiger partial charge in [0.2, 0.25) is 5.91 Å². The SMILES string of the molecule is CC[C@H](C)n1nccc1NC(=O)[C@H](C)N1CCC(N2CCCC2)CC1. The van der Waals surface area contributed by atoms with E-state index in [1.165, 1.54) is 38.8 Å². The highest BCUT2D eigenvalue weighted by Gasteiger charge is 2.30. The van der Waals surface area contributed by atoms with Crippen molar-refractivity contribution in [3.8, 4) is 0 Å². The molecule has 6 nitrogen and oxygen atoms in total. The minimum atomic E-state index is -0.0974. The number of rotatable bonds is 6. The van der Waals surface area contributed by atoms with Crippen molar-refractivity contribution in [2.24, 2.45) is 0 Å². The summed E-state index contributed by atoms with van der Waals surface area (Å²) in [6.07, 6.45) is 7.81. The molecule has 25 heavy (non-hydrogen) atoms. The first-order valence-electron chi connectivity index (χ1n) is 9.92. The summed E-state index contributed by atoms with van der Waals surface area (Å²) in [5.41, 5.74) is 0. The molecule has 0 aliphatic carbocycles.